The lowest BCUT2D eigenvalue weighted by Crippen LogP contribution is -2.37. The minimum atomic E-state index is -0.0440. The van der Waals surface area contributed by atoms with Crippen molar-refractivity contribution in [3.05, 3.63) is 29.8 Å². The summed E-state index contributed by atoms with van der Waals surface area (Å²) in [5, 5.41) is 2.96. The van der Waals surface area contributed by atoms with Gasteiger partial charge in [-0.3, -0.25) is 0 Å². The Balaban J connectivity index is 1.69. The van der Waals surface area contributed by atoms with Crippen LogP contribution in [0.3, 0.4) is 0 Å². The van der Waals surface area contributed by atoms with Crippen molar-refractivity contribution in [1.29, 1.82) is 0 Å². The van der Waals surface area contributed by atoms with E-state index in [1.807, 2.05) is 45.2 Å². The van der Waals surface area contributed by atoms with E-state index in [9.17, 15) is 4.79 Å². The van der Waals surface area contributed by atoms with E-state index in [0.29, 0.717) is 12.6 Å². The zero-order chi connectivity index (χ0) is 17.4. The molecular formula is C19H30N2O3. The second kappa shape index (κ2) is 9.52. The third-order valence-corrected chi connectivity index (χ3v) is 4.10. The molecule has 1 aliphatic heterocycles. The lowest BCUT2D eigenvalue weighted by molar-refractivity contribution is 0.100. The Morgan fingerprint density at radius 3 is 3.00 bits per heavy atom. The fraction of sp³-hybridized carbons (Fsp3) is 0.632. The summed E-state index contributed by atoms with van der Waals surface area (Å²) in [6.45, 7) is 6.15. The van der Waals surface area contributed by atoms with E-state index >= 15 is 0 Å². The molecule has 5 heteroatoms. The summed E-state index contributed by atoms with van der Waals surface area (Å²) in [6.07, 6.45) is 4.87. The SMILES string of the molecule is CC(C)Oc1cccc(CNC(=O)N(C)CCC[C@H]2CCCO2)c1. The molecule has 0 aliphatic carbocycles. The molecule has 0 aromatic heterocycles. The standard InChI is InChI=1S/C19H30N2O3/c1-15(2)24-18-8-4-7-16(13-18)14-20-19(22)21(3)11-5-9-17-10-6-12-23-17/h4,7-8,13,15,17H,5-6,9-12,14H2,1-3H3,(H,20,22)/t17-/m0/s1. The van der Waals surface area contributed by atoms with Gasteiger partial charge in [0.25, 0.3) is 0 Å². The Morgan fingerprint density at radius 2 is 2.29 bits per heavy atom. The quantitative estimate of drug-likeness (QED) is 0.790. The van der Waals surface area contributed by atoms with Gasteiger partial charge in [0.05, 0.1) is 12.2 Å². The molecule has 24 heavy (non-hydrogen) atoms. The van der Waals surface area contributed by atoms with Crippen molar-refractivity contribution < 1.29 is 14.3 Å². The van der Waals surface area contributed by atoms with E-state index in [0.717, 1.165) is 43.7 Å². The maximum atomic E-state index is 12.2. The molecule has 1 aliphatic rings. The van der Waals surface area contributed by atoms with Crippen LogP contribution >= 0.6 is 0 Å². The summed E-state index contributed by atoms with van der Waals surface area (Å²) in [5.74, 6) is 0.835. The van der Waals surface area contributed by atoms with Crippen molar-refractivity contribution in [3.63, 3.8) is 0 Å². The molecule has 1 N–H and O–H groups in total. The van der Waals surface area contributed by atoms with Crippen molar-refractivity contribution in [2.75, 3.05) is 20.2 Å². The number of carbonyl (C=O) groups excluding carboxylic acids is 1. The fourth-order valence-corrected chi connectivity index (χ4v) is 2.84. The van der Waals surface area contributed by atoms with Gasteiger partial charge < -0.3 is 19.7 Å². The highest BCUT2D eigenvalue weighted by atomic mass is 16.5. The summed E-state index contributed by atoms with van der Waals surface area (Å²) < 4.78 is 11.3. The van der Waals surface area contributed by atoms with Crippen molar-refractivity contribution in [2.24, 2.45) is 0 Å². The molecule has 0 bridgehead atoms. The predicted molar refractivity (Wildman–Crippen MR) is 95.3 cm³/mol. The van der Waals surface area contributed by atoms with E-state index < -0.39 is 0 Å². The highest BCUT2D eigenvalue weighted by Crippen LogP contribution is 2.17. The van der Waals surface area contributed by atoms with Crippen LogP contribution in [0.25, 0.3) is 0 Å². The second-order valence-electron chi connectivity index (χ2n) is 6.67. The Bertz CT molecular complexity index is 513. The third kappa shape index (κ3) is 6.40. The van der Waals surface area contributed by atoms with Gasteiger partial charge in [-0.1, -0.05) is 12.1 Å². The highest BCUT2D eigenvalue weighted by molar-refractivity contribution is 5.73. The average Bonchev–Trinajstić information content (AvgIpc) is 3.05. The Hall–Kier alpha value is -1.75. The minimum absolute atomic E-state index is 0.0440. The summed E-state index contributed by atoms with van der Waals surface area (Å²) in [7, 11) is 1.84. The molecule has 1 saturated heterocycles. The number of ether oxygens (including phenoxy) is 2. The van der Waals surface area contributed by atoms with Crippen LogP contribution in [0.2, 0.25) is 0 Å². The van der Waals surface area contributed by atoms with E-state index in [1.165, 1.54) is 6.42 Å². The van der Waals surface area contributed by atoms with Crippen LogP contribution < -0.4 is 10.1 Å². The molecule has 134 valence electrons. The number of urea groups is 1. The molecule has 5 nitrogen and oxygen atoms in total. The molecule has 2 rings (SSSR count). The van der Waals surface area contributed by atoms with Crippen molar-refractivity contribution in [1.82, 2.24) is 10.2 Å². The van der Waals surface area contributed by atoms with Crippen LogP contribution in [0.5, 0.6) is 5.75 Å². The van der Waals surface area contributed by atoms with Crippen molar-refractivity contribution >= 4 is 6.03 Å². The van der Waals surface area contributed by atoms with Gasteiger partial charge in [-0.2, -0.15) is 0 Å². The average molecular weight is 334 g/mol. The number of nitrogens with one attached hydrogen (secondary N) is 1. The Kier molecular flexibility index (Phi) is 7.37. The summed E-state index contributed by atoms with van der Waals surface area (Å²) in [6, 6.07) is 7.80. The highest BCUT2D eigenvalue weighted by Gasteiger charge is 2.16. The van der Waals surface area contributed by atoms with Crippen LogP contribution in [-0.4, -0.2) is 43.3 Å². The van der Waals surface area contributed by atoms with E-state index in [-0.39, 0.29) is 12.1 Å². The van der Waals surface area contributed by atoms with Gasteiger partial charge in [0.1, 0.15) is 5.75 Å². The monoisotopic (exact) mass is 334 g/mol. The first-order valence-corrected chi connectivity index (χ1v) is 8.91. The summed E-state index contributed by atoms with van der Waals surface area (Å²) in [5.41, 5.74) is 1.04. The smallest absolute Gasteiger partial charge is 0.317 e. The molecule has 1 aromatic carbocycles. The van der Waals surface area contributed by atoms with Crippen LogP contribution in [0, 0.1) is 0 Å². The van der Waals surface area contributed by atoms with Gasteiger partial charge >= 0.3 is 6.03 Å². The number of amides is 2. The molecule has 2 amide bonds. The summed E-state index contributed by atoms with van der Waals surface area (Å²) >= 11 is 0. The minimum Gasteiger partial charge on any atom is -0.491 e. The lowest BCUT2D eigenvalue weighted by Gasteiger charge is -2.19. The van der Waals surface area contributed by atoms with E-state index in [1.54, 1.807) is 4.90 Å². The third-order valence-electron chi connectivity index (χ3n) is 4.10. The normalized spacial score (nSPS) is 17.1. The van der Waals surface area contributed by atoms with Crippen molar-refractivity contribution in [3.8, 4) is 5.75 Å². The lowest BCUT2D eigenvalue weighted by atomic mass is 10.1. The van der Waals surface area contributed by atoms with E-state index in [2.05, 4.69) is 5.32 Å². The Labute approximate surface area is 145 Å². The predicted octanol–water partition coefficient (Wildman–Crippen LogP) is 3.57. The van der Waals surface area contributed by atoms with Crippen LogP contribution in [0.15, 0.2) is 24.3 Å². The van der Waals surface area contributed by atoms with Gasteiger partial charge in [0.2, 0.25) is 0 Å². The number of carbonyl (C=O) groups is 1. The Morgan fingerprint density at radius 1 is 1.46 bits per heavy atom. The van der Waals surface area contributed by atoms with Gasteiger partial charge in [-0.05, 0) is 57.2 Å². The maximum Gasteiger partial charge on any atom is 0.317 e. The zero-order valence-corrected chi connectivity index (χ0v) is 15.1. The first kappa shape index (κ1) is 18.6. The maximum absolute atomic E-state index is 12.2. The van der Waals surface area contributed by atoms with Gasteiger partial charge in [-0.25, -0.2) is 4.79 Å². The molecule has 0 spiro atoms. The van der Waals surface area contributed by atoms with Crippen LogP contribution in [-0.2, 0) is 11.3 Å². The summed E-state index contributed by atoms with van der Waals surface area (Å²) in [4.78, 5) is 13.9. The van der Waals surface area contributed by atoms with Gasteiger partial charge in [0.15, 0.2) is 0 Å². The molecule has 1 atom stereocenters. The number of hydrogen-bond donors (Lipinski definition) is 1. The number of rotatable bonds is 8. The number of nitrogens with zero attached hydrogens (tertiary/aromatic N) is 1. The topological polar surface area (TPSA) is 50.8 Å². The number of benzene rings is 1. The second-order valence-corrected chi connectivity index (χ2v) is 6.67. The van der Waals surface area contributed by atoms with Crippen molar-refractivity contribution in [2.45, 2.75) is 58.3 Å². The fourth-order valence-electron chi connectivity index (χ4n) is 2.84. The van der Waals surface area contributed by atoms with Crippen LogP contribution in [0.4, 0.5) is 4.79 Å². The molecule has 0 unspecified atom stereocenters. The molecular weight excluding hydrogens is 304 g/mol. The first-order chi connectivity index (χ1) is 11.5. The number of hydrogen-bond acceptors (Lipinski definition) is 3. The molecule has 0 saturated carbocycles. The molecule has 1 fully saturated rings. The zero-order valence-electron chi connectivity index (χ0n) is 15.1. The largest absolute Gasteiger partial charge is 0.491 e. The van der Waals surface area contributed by atoms with Gasteiger partial charge in [-0.15, -0.1) is 0 Å². The van der Waals surface area contributed by atoms with Gasteiger partial charge in [0, 0.05) is 26.7 Å². The molecule has 1 aromatic rings. The molecule has 1 heterocycles. The van der Waals surface area contributed by atoms with E-state index in [4.69, 9.17) is 9.47 Å². The molecule has 0 radical (unpaired) electrons. The van der Waals surface area contributed by atoms with Crippen LogP contribution in [0.1, 0.15) is 45.1 Å². The first-order valence-electron chi connectivity index (χ1n) is 8.91.